The number of carbonyl (C=O) groups excluding carboxylic acids is 2. The number of nitrogens with zero attached hydrogens (tertiary/aromatic N) is 2. The Morgan fingerprint density at radius 3 is 2.14 bits per heavy atom. The number of hydrogen-bond acceptors (Lipinski definition) is 4. The molecule has 3 rings (SSSR count). The van der Waals surface area contributed by atoms with E-state index in [0.29, 0.717) is 5.69 Å². The second-order valence-electron chi connectivity index (χ2n) is 6.59. The molecule has 0 radical (unpaired) electrons. The summed E-state index contributed by atoms with van der Waals surface area (Å²) in [5.74, 6) is -1.53. The van der Waals surface area contributed by atoms with Crippen LogP contribution in [0.5, 0.6) is 0 Å². The molecular weight excluding hydrogens is 398 g/mol. The van der Waals surface area contributed by atoms with E-state index in [9.17, 15) is 23.2 Å². The van der Waals surface area contributed by atoms with Gasteiger partial charge in [0.05, 0.1) is 6.54 Å². The second kappa shape index (κ2) is 8.48. The predicted molar refractivity (Wildman–Crippen MR) is 106 cm³/mol. The summed E-state index contributed by atoms with van der Waals surface area (Å²) in [6, 6.07) is 10.9. The minimum Gasteiger partial charge on any atom is -0.337 e. The number of ketones is 1. The first-order chi connectivity index (χ1) is 13.8. The van der Waals surface area contributed by atoms with Crippen LogP contribution < -0.4 is 4.87 Å². The zero-order chi connectivity index (χ0) is 21.1. The molecule has 150 valence electrons. The van der Waals surface area contributed by atoms with Gasteiger partial charge >= 0.3 is 4.87 Å². The van der Waals surface area contributed by atoms with Crippen LogP contribution >= 0.6 is 11.3 Å². The third-order valence-corrected chi connectivity index (χ3v) is 5.55. The molecular formula is C21H18F2N2O3S. The lowest BCUT2D eigenvalue weighted by molar-refractivity contribution is 0.0787. The number of benzene rings is 2. The Morgan fingerprint density at radius 2 is 1.55 bits per heavy atom. The third kappa shape index (κ3) is 4.65. The van der Waals surface area contributed by atoms with E-state index in [0.717, 1.165) is 16.9 Å². The Hall–Kier alpha value is -3.13. The van der Waals surface area contributed by atoms with Gasteiger partial charge < -0.3 is 4.90 Å². The Labute approximate surface area is 169 Å². The first kappa shape index (κ1) is 20.6. The maximum absolute atomic E-state index is 13.0. The maximum atomic E-state index is 13.0. The molecule has 1 aromatic heterocycles. The van der Waals surface area contributed by atoms with Gasteiger partial charge in [-0.15, -0.1) is 0 Å². The average Bonchev–Trinajstić information content (AvgIpc) is 2.97. The van der Waals surface area contributed by atoms with E-state index < -0.39 is 10.7 Å². The summed E-state index contributed by atoms with van der Waals surface area (Å²) < 4.78 is 27.3. The van der Waals surface area contributed by atoms with Crippen LogP contribution in [0.1, 0.15) is 31.3 Å². The van der Waals surface area contributed by atoms with Crippen LogP contribution in [0.25, 0.3) is 0 Å². The molecule has 2 aromatic carbocycles. The minimum atomic E-state index is -0.456. The van der Waals surface area contributed by atoms with E-state index in [2.05, 4.69) is 0 Å². The molecule has 0 spiro atoms. The first-order valence-corrected chi connectivity index (χ1v) is 9.57. The van der Waals surface area contributed by atoms with Gasteiger partial charge in [-0.1, -0.05) is 23.5 Å². The van der Waals surface area contributed by atoms with Crippen LogP contribution in [0.3, 0.4) is 0 Å². The van der Waals surface area contributed by atoms with Crippen molar-refractivity contribution in [2.45, 2.75) is 20.0 Å². The molecule has 0 saturated heterocycles. The van der Waals surface area contributed by atoms with Crippen LogP contribution in [-0.2, 0) is 13.1 Å². The van der Waals surface area contributed by atoms with Gasteiger partial charge in [0.15, 0.2) is 5.78 Å². The standard InChI is InChI=1S/C21H18F2N2O3S/c1-13-19(20(27)24(2)11-14-3-7-16(22)8-4-14)29-21(28)25(13)12-18(26)15-5-9-17(23)10-6-15/h3-10H,11-12H2,1-2H3. The zero-order valence-electron chi connectivity index (χ0n) is 15.8. The van der Waals surface area contributed by atoms with E-state index in [1.54, 1.807) is 26.1 Å². The van der Waals surface area contributed by atoms with Gasteiger partial charge in [-0.05, 0) is 48.9 Å². The Bertz CT molecular complexity index is 1100. The molecule has 3 aromatic rings. The van der Waals surface area contributed by atoms with Gasteiger partial charge in [0.25, 0.3) is 5.91 Å². The lowest BCUT2D eigenvalue weighted by atomic mass is 10.1. The van der Waals surface area contributed by atoms with E-state index in [1.165, 1.54) is 45.9 Å². The topological polar surface area (TPSA) is 59.4 Å². The van der Waals surface area contributed by atoms with Gasteiger partial charge in [0.2, 0.25) is 0 Å². The summed E-state index contributed by atoms with van der Waals surface area (Å²) in [6.45, 7) is 1.62. The molecule has 1 amide bonds. The van der Waals surface area contributed by atoms with Gasteiger partial charge in [-0.2, -0.15) is 0 Å². The molecule has 8 heteroatoms. The fourth-order valence-corrected chi connectivity index (χ4v) is 3.82. The Morgan fingerprint density at radius 1 is 1.00 bits per heavy atom. The van der Waals surface area contributed by atoms with Crippen molar-refractivity contribution in [2.24, 2.45) is 0 Å². The Kier molecular flexibility index (Phi) is 6.03. The summed E-state index contributed by atoms with van der Waals surface area (Å²) in [4.78, 5) is 38.8. The summed E-state index contributed by atoms with van der Waals surface area (Å²) in [7, 11) is 1.59. The number of halogens is 2. The van der Waals surface area contributed by atoms with Gasteiger partial charge in [-0.3, -0.25) is 19.0 Å². The molecule has 5 nitrogen and oxygen atoms in total. The van der Waals surface area contributed by atoms with Crippen LogP contribution in [0.4, 0.5) is 8.78 Å². The van der Waals surface area contributed by atoms with Crippen molar-refractivity contribution < 1.29 is 18.4 Å². The van der Waals surface area contributed by atoms with Gasteiger partial charge in [0.1, 0.15) is 16.5 Å². The number of thiazole rings is 1. The van der Waals surface area contributed by atoms with E-state index >= 15 is 0 Å². The summed E-state index contributed by atoms with van der Waals surface area (Å²) >= 11 is 0.774. The third-order valence-electron chi connectivity index (χ3n) is 4.49. The molecule has 1 heterocycles. The monoisotopic (exact) mass is 416 g/mol. The molecule has 0 unspecified atom stereocenters. The van der Waals surface area contributed by atoms with Crippen LogP contribution in [0.2, 0.25) is 0 Å². The van der Waals surface area contributed by atoms with Crippen molar-refractivity contribution in [3.05, 3.63) is 91.5 Å². The summed E-state index contributed by atoms with van der Waals surface area (Å²) in [6.07, 6.45) is 0. The molecule has 0 bridgehead atoms. The number of rotatable bonds is 6. The van der Waals surface area contributed by atoms with Crippen LogP contribution in [-0.4, -0.2) is 28.2 Å². The first-order valence-electron chi connectivity index (χ1n) is 8.75. The molecule has 0 aliphatic rings. The second-order valence-corrected chi connectivity index (χ2v) is 7.55. The van der Waals surface area contributed by atoms with E-state index in [-0.39, 0.29) is 41.0 Å². The molecule has 29 heavy (non-hydrogen) atoms. The lowest BCUT2D eigenvalue weighted by Gasteiger charge is -2.17. The van der Waals surface area contributed by atoms with E-state index in [1.807, 2.05) is 0 Å². The average molecular weight is 416 g/mol. The van der Waals surface area contributed by atoms with Gasteiger partial charge in [0, 0.05) is 24.8 Å². The van der Waals surface area contributed by atoms with Gasteiger partial charge in [-0.25, -0.2) is 8.78 Å². The van der Waals surface area contributed by atoms with Crippen LogP contribution in [0.15, 0.2) is 53.3 Å². The minimum absolute atomic E-state index is 0.234. The van der Waals surface area contributed by atoms with Crippen molar-refractivity contribution in [3.63, 3.8) is 0 Å². The fourth-order valence-electron chi connectivity index (χ4n) is 2.84. The largest absolute Gasteiger partial charge is 0.337 e. The lowest BCUT2D eigenvalue weighted by Crippen LogP contribution is -2.26. The highest BCUT2D eigenvalue weighted by Crippen LogP contribution is 2.17. The summed E-state index contributed by atoms with van der Waals surface area (Å²) in [5, 5.41) is 0. The number of aromatic nitrogens is 1. The van der Waals surface area contributed by atoms with Crippen molar-refractivity contribution in [1.29, 1.82) is 0 Å². The molecule has 0 aliphatic heterocycles. The number of amides is 1. The molecule has 0 aliphatic carbocycles. The Balaban J connectivity index is 1.78. The predicted octanol–water partition coefficient (Wildman–Crippen LogP) is 3.65. The summed E-state index contributed by atoms with van der Waals surface area (Å²) in [5.41, 5.74) is 1.43. The SMILES string of the molecule is Cc1c(C(=O)N(C)Cc2ccc(F)cc2)sc(=O)n1CC(=O)c1ccc(F)cc1. The van der Waals surface area contributed by atoms with Crippen molar-refractivity contribution in [3.8, 4) is 0 Å². The zero-order valence-corrected chi connectivity index (χ0v) is 16.6. The van der Waals surface area contributed by atoms with Crippen molar-refractivity contribution >= 4 is 23.0 Å². The number of carbonyl (C=O) groups is 2. The van der Waals surface area contributed by atoms with E-state index in [4.69, 9.17) is 0 Å². The highest BCUT2D eigenvalue weighted by atomic mass is 32.1. The molecule has 0 atom stereocenters. The number of Topliss-reactive ketones (excluding diaryl/α,β-unsaturated/α-hetero) is 1. The fraction of sp³-hybridized carbons (Fsp3) is 0.190. The molecule has 0 N–H and O–H groups in total. The van der Waals surface area contributed by atoms with Crippen molar-refractivity contribution in [1.82, 2.24) is 9.47 Å². The smallest absolute Gasteiger partial charge is 0.308 e. The normalized spacial score (nSPS) is 10.8. The van der Waals surface area contributed by atoms with Crippen molar-refractivity contribution in [2.75, 3.05) is 7.05 Å². The number of hydrogen-bond donors (Lipinski definition) is 0. The maximum Gasteiger partial charge on any atom is 0.308 e. The highest BCUT2D eigenvalue weighted by molar-refractivity contribution is 7.11. The molecule has 0 saturated carbocycles. The quantitative estimate of drug-likeness (QED) is 0.577. The highest BCUT2D eigenvalue weighted by Gasteiger charge is 2.22. The van der Waals surface area contributed by atoms with Crippen LogP contribution in [0, 0.1) is 18.6 Å². The molecule has 0 fully saturated rings.